The highest BCUT2D eigenvalue weighted by atomic mass is 19.1. The second-order valence-corrected chi connectivity index (χ2v) is 4.00. The number of hydrogen-bond donors (Lipinski definition) is 0. The molecule has 0 aromatic heterocycles. The lowest BCUT2D eigenvalue weighted by Gasteiger charge is -2.18. The minimum Gasteiger partial charge on any atom is -0.207 e. The maximum atomic E-state index is 13.5. The van der Waals surface area contributed by atoms with Crippen LogP contribution in [0.2, 0.25) is 0 Å². The fourth-order valence-electron chi connectivity index (χ4n) is 1.55. The average molecular weight is 180 g/mol. The van der Waals surface area contributed by atoms with Crippen LogP contribution in [0, 0.1) is 18.7 Å². The zero-order chi connectivity index (χ0) is 10.0. The van der Waals surface area contributed by atoms with Crippen LogP contribution in [-0.2, 0) is 0 Å². The minimum atomic E-state index is -0.0683. The first-order valence-corrected chi connectivity index (χ1v) is 4.79. The van der Waals surface area contributed by atoms with Crippen molar-refractivity contribution in [3.05, 3.63) is 35.1 Å². The molecule has 0 bridgehead atoms. The van der Waals surface area contributed by atoms with Crippen molar-refractivity contribution in [3.8, 4) is 0 Å². The van der Waals surface area contributed by atoms with E-state index in [1.165, 1.54) is 0 Å². The van der Waals surface area contributed by atoms with Crippen molar-refractivity contribution < 1.29 is 4.39 Å². The van der Waals surface area contributed by atoms with Crippen LogP contribution in [0.25, 0.3) is 0 Å². The summed E-state index contributed by atoms with van der Waals surface area (Å²) in [5.74, 6) is 0.706. The maximum Gasteiger partial charge on any atom is 0.126 e. The molecule has 1 heteroatoms. The van der Waals surface area contributed by atoms with Crippen molar-refractivity contribution in [3.63, 3.8) is 0 Å². The summed E-state index contributed by atoms with van der Waals surface area (Å²) in [7, 11) is 0. The zero-order valence-electron chi connectivity index (χ0n) is 8.76. The summed E-state index contributed by atoms with van der Waals surface area (Å²) in [6, 6.07) is 5.28. The molecule has 1 rings (SSSR count). The molecule has 0 saturated carbocycles. The van der Waals surface area contributed by atoms with E-state index in [0.717, 1.165) is 11.1 Å². The molecule has 13 heavy (non-hydrogen) atoms. The minimum absolute atomic E-state index is 0.0683. The van der Waals surface area contributed by atoms with Crippen molar-refractivity contribution >= 4 is 0 Å². The summed E-state index contributed by atoms with van der Waals surface area (Å²) >= 11 is 0. The van der Waals surface area contributed by atoms with Gasteiger partial charge < -0.3 is 0 Å². The molecule has 0 nitrogen and oxygen atoms in total. The van der Waals surface area contributed by atoms with Gasteiger partial charge in [-0.15, -0.1) is 0 Å². The van der Waals surface area contributed by atoms with Gasteiger partial charge in [-0.1, -0.05) is 32.9 Å². The second kappa shape index (κ2) is 3.91. The highest BCUT2D eigenvalue weighted by Crippen LogP contribution is 2.28. The Morgan fingerprint density at radius 3 is 2.23 bits per heavy atom. The Hall–Kier alpha value is -0.850. The lowest BCUT2D eigenvalue weighted by atomic mass is 9.87. The molecule has 1 atom stereocenters. The summed E-state index contributed by atoms with van der Waals surface area (Å²) in [4.78, 5) is 0. The fraction of sp³-hybridized carbons (Fsp3) is 0.500. The quantitative estimate of drug-likeness (QED) is 0.647. The standard InChI is InChI=1S/C12H17F/c1-8(2)10(4)12-9(3)6-5-7-11(12)13/h5-8,10H,1-4H3. The van der Waals surface area contributed by atoms with Gasteiger partial charge >= 0.3 is 0 Å². The van der Waals surface area contributed by atoms with Crippen LogP contribution in [-0.4, -0.2) is 0 Å². The Balaban J connectivity index is 3.12. The van der Waals surface area contributed by atoms with E-state index < -0.39 is 0 Å². The van der Waals surface area contributed by atoms with Crippen LogP contribution in [0.4, 0.5) is 4.39 Å². The number of aryl methyl sites for hydroxylation is 1. The van der Waals surface area contributed by atoms with Crippen LogP contribution < -0.4 is 0 Å². The summed E-state index contributed by atoms with van der Waals surface area (Å²) < 4.78 is 13.5. The summed E-state index contributed by atoms with van der Waals surface area (Å²) in [5.41, 5.74) is 1.93. The van der Waals surface area contributed by atoms with Gasteiger partial charge in [-0.05, 0) is 36.0 Å². The monoisotopic (exact) mass is 180 g/mol. The van der Waals surface area contributed by atoms with E-state index in [1.807, 2.05) is 13.0 Å². The van der Waals surface area contributed by atoms with Gasteiger partial charge in [-0.3, -0.25) is 0 Å². The van der Waals surface area contributed by atoms with E-state index in [0.29, 0.717) is 11.8 Å². The molecule has 72 valence electrons. The smallest absolute Gasteiger partial charge is 0.126 e. The molecular formula is C12H17F. The van der Waals surface area contributed by atoms with E-state index in [9.17, 15) is 4.39 Å². The third-order valence-electron chi connectivity index (χ3n) is 2.73. The van der Waals surface area contributed by atoms with Gasteiger partial charge in [0.1, 0.15) is 5.82 Å². The Bertz CT molecular complexity index is 269. The molecule has 0 aliphatic carbocycles. The second-order valence-electron chi connectivity index (χ2n) is 4.00. The Kier molecular flexibility index (Phi) is 3.07. The molecule has 0 heterocycles. The van der Waals surface area contributed by atoms with Gasteiger partial charge in [0.25, 0.3) is 0 Å². The highest BCUT2D eigenvalue weighted by Gasteiger charge is 2.15. The molecule has 0 spiro atoms. The first kappa shape index (κ1) is 10.2. The number of rotatable bonds is 2. The first-order chi connectivity index (χ1) is 6.04. The third kappa shape index (κ3) is 2.09. The summed E-state index contributed by atoms with van der Waals surface area (Å²) in [5, 5.41) is 0. The molecule has 0 aliphatic rings. The lowest BCUT2D eigenvalue weighted by molar-refractivity contribution is 0.499. The Morgan fingerprint density at radius 1 is 1.15 bits per heavy atom. The summed E-state index contributed by atoms with van der Waals surface area (Å²) in [6.45, 7) is 8.29. The van der Waals surface area contributed by atoms with Gasteiger partial charge in [-0.25, -0.2) is 4.39 Å². The van der Waals surface area contributed by atoms with E-state index in [4.69, 9.17) is 0 Å². The SMILES string of the molecule is Cc1cccc(F)c1C(C)C(C)C. The fourth-order valence-corrected chi connectivity index (χ4v) is 1.55. The molecule has 0 saturated heterocycles. The Labute approximate surface area is 79.8 Å². The first-order valence-electron chi connectivity index (χ1n) is 4.79. The van der Waals surface area contributed by atoms with E-state index in [2.05, 4.69) is 20.8 Å². The molecule has 0 N–H and O–H groups in total. The average Bonchev–Trinajstić information content (AvgIpc) is 2.03. The molecule has 1 aromatic rings. The van der Waals surface area contributed by atoms with Gasteiger partial charge in [0.05, 0.1) is 0 Å². The van der Waals surface area contributed by atoms with Crippen LogP contribution in [0.1, 0.15) is 37.8 Å². The molecule has 1 aromatic carbocycles. The normalized spacial score (nSPS) is 13.4. The molecule has 0 fully saturated rings. The van der Waals surface area contributed by atoms with Gasteiger partial charge in [0.2, 0.25) is 0 Å². The van der Waals surface area contributed by atoms with Gasteiger partial charge in [-0.2, -0.15) is 0 Å². The molecule has 1 unspecified atom stereocenters. The van der Waals surface area contributed by atoms with Crippen molar-refractivity contribution in [1.29, 1.82) is 0 Å². The van der Waals surface area contributed by atoms with Crippen LogP contribution in [0.5, 0.6) is 0 Å². The largest absolute Gasteiger partial charge is 0.207 e. The van der Waals surface area contributed by atoms with Gasteiger partial charge in [0, 0.05) is 0 Å². The van der Waals surface area contributed by atoms with E-state index in [-0.39, 0.29) is 5.82 Å². The van der Waals surface area contributed by atoms with Gasteiger partial charge in [0.15, 0.2) is 0 Å². The predicted octanol–water partition coefficient (Wildman–Crippen LogP) is 3.89. The summed E-state index contributed by atoms with van der Waals surface area (Å²) in [6.07, 6.45) is 0. The van der Waals surface area contributed by atoms with Crippen LogP contribution in [0.15, 0.2) is 18.2 Å². The number of benzene rings is 1. The molecule has 0 aliphatic heterocycles. The maximum absolute atomic E-state index is 13.5. The molecular weight excluding hydrogens is 163 g/mol. The van der Waals surface area contributed by atoms with E-state index in [1.54, 1.807) is 12.1 Å². The van der Waals surface area contributed by atoms with Crippen LogP contribution >= 0.6 is 0 Å². The van der Waals surface area contributed by atoms with Crippen molar-refractivity contribution in [2.75, 3.05) is 0 Å². The zero-order valence-corrected chi connectivity index (χ0v) is 8.76. The number of halogens is 1. The Morgan fingerprint density at radius 2 is 1.77 bits per heavy atom. The van der Waals surface area contributed by atoms with Crippen molar-refractivity contribution in [2.24, 2.45) is 5.92 Å². The van der Waals surface area contributed by atoms with E-state index >= 15 is 0 Å². The van der Waals surface area contributed by atoms with Crippen LogP contribution in [0.3, 0.4) is 0 Å². The predicted molar refractivity (Wildman–Crippen MR) is 54.4 cm³/mol. The van der Waals surface area contributed by atoms with Crippen molar-refractivity contribution in [1.82, 2.24) is 0 Å². The highest BCUT2D eigenvalue weighted by molar-refractivity contribution is 5.30. The molecule has 0 radical (unpaired) electrons. The van der Waals surface area contributed by atoms with Crippen molar-refractivity contribution in [2.45, 2.75) is 33.6 Å². The number of hydrogen-bond acceptors (Lipinski definition) is 0. The topological polar surface area (TPSA) is 0 Å². The lowest BCUT2D eigenvalue weighted by Crippen LogP contribution is -2.06. The third-order valence-corrected chi connectivity index (χ3v) is 2.73. The molecule has 0 amide bonds.